The Morgan fingerprint density at radius 2 is 2.04 bits per heavy atom. The molecule has 1 unspecified atom stereocenters. The molecule has 0 bridgehead atoms. The second-order valence-corrected chi connectivity index (χ2v) is 6.95. The zero-order chi connectivity index (χ0) is 16.7. The van der Waals surface area contributed by atoms with E-state index in [-0.39, 0.29) is 6.04 Å². The quantitative estimate of drug-likeness (QED) is 0.713. The number of anilines is 1. The van der Waals surface area contributed by atoms with Crippen LogP contribution in [0.15, 0.2) is 29.2 Å². The van der Waals surface area contributed by atoms with Gasteiger partial charge in [-0.25, -0.2) is 19.9 Å². The molecule has 4 heterocycles. The van der Waals surface area contributed by atoms with E-state index in [0.717, 1.165) is 41.7 Å². The summed E-state index contributed by atoms with van der Waals surface area (Å²) in [7, 11) is 0. The van der Waals surface area contributed by atoms with Crippen molar-refractivity contribution < 1.29 is 0 Å². The fourth-order valence-corrected chi connectivity index (χ4v) is 3.82. The molecule has 0 amide bonds. The van der Waals surface area contributed by atoms with Gasteiger partial charge in [0.1, 0.15) is 11.5 Å². The lowest BCUT2D eigenvalue weighted by Crippen LogP contribution is -2.35. The molecule has 0 spiro atoms. The third-order valence-corrected chi connectivity index (χ3v) is 5.03. The minimum absolute atomic E-state index is 0.215. The molecule has 5 nitrogen and oxygen atoms in total. The first-order valence-corrected chi connectivity index (χ1v) is 9.02. The number of pyridine rings is 1. The van der Waals surface area contributed by atoms with Gasteiger partial charge in [-0.2, -0.15) is 0 Å². The van der Waals surface area contributed by atoms with Crippen LogP contribution in [0.25, 0.3) is 11.5 Å². The Bertz CT molecular complexity index is 855. The molecule has 1 atom stereocenters. The Labute approximate surface area is 145 Å². The summed E-state index contributed by atoms with van der Waals surface area (Å²) < 4.78 is 0. The monoisotopic (exact) mass is 337 g/mol. The van der Waals surface area contributed by atoms with Gasteiger partial charge in [0.2, 0.25) is 0 Å². The van der Waals surface area contributed by atoms with E-state index in [1.807, 2.05) is 24.0 Å². The zero-order valence-electron chi connectivity index (χ0n) is 14.0. The third-order valence-electron chi connectivity index (χ3n) is 4.45. The molecule has 3 aromatic rings. The van der Waals surface area contributed by atoms with E-state index in [1.54, 1.807) is 11.3 Å². The summed E-state index contributed by atoms with van der Waals surface area (Å²) >= 11 is 1.57. The van der Waals surface area contributed by atoms with Gasteiger partial charge < -0.3 is 4.90 Å². The van der Waals surface area contributed by atoms with Crippen LogP contribution < -0.4 is 4.90 Å². The van der Waals surface area contributed by atoms with Crippen LogP contribution in [0.5, 0.6) is 0 Å². The molecule has 0 N–H and O–H groups in total. The van der Waals surface area contributed by atoms with Gasteiger partial charge in [0.05, 0.1) is 17.2 Å². The molecular formula is C18H19N5S. The van der Waals surface area contributed by atoms with Gasteiger partial charge in [-0.1, -0.05) is 0 Å². The summed E-state index contributed by atoms with van der Waals surface area (Å²) in [5.74, 6) is 1.76. The lowest BCUT2D eigenvalue weighted by atomic mass is 9.99. The van der Waals surface area contributed by atoms with Gasteiger partial charge in [-0.15, -0.1) is 11.3 Å². The standard InChI is InChI=1S/C18H19N5S/c1-11-6-12(2)21-17(7-11)23-5-4-15-14(13(23)3)8-19-18(22-15)16-9-24-10-20-16/h6-10,13H,4-5H2,1-3H3. The Kier molecular flexibility index (Phi) is 3.76. The van der Waals surface area contributed by atoms with E-state index in [2.05, 4.69) is 40.8 Å². The molecule has 1 aliphatic rings. The summed E-state index contributed by atoms with van der Waals surface area (Å²) in [6, 6.07) is 4.47. The molecule has 1 aliphatic heterocycles. The zero-order valence-corrected chi connectivity index (χ0v) is 14.8. The lowest BCUT2D eigenvalue weighted by molar-refractivity contribution is 0.601. The maximum atomic E-state index is 4.76. The highest BCUT2D eigenvalue weighted by atomic mass is 32.1. The summed E-state index contributed by atoms with van der Waals surface area (Å²) in [5, 5.41) is 1.99. The van der Waals surface area contributed by atoms with Crippen molar-refractivity contribution in [1.29, 1.82) is 0 Å². The van der Waals surface area contributed by atoms with Gasteiger partial charge in [0, 0.05) is 35.8 Å². The number of hydrogen-bond acceptors (Lipinski definition) is 6. The van der Waals surface area contributed by atoms with Crippen molar-refractivity contribution >= 4 is 17.2 Å². The van der Waals surface area contributed by atoms with Crippen molar-refractivity contribution in [3.8, 4) is 11.5 Å². The van der Waals surface area contributed by atoms with Crippen molar-refractivity contribution in [2.75, 3.05) is 11.4 Å². The van der Waals surface area contributed by atoms with Crippen molar-refractivity contribution in [3.05, 3.63) is 51.7 Å². The Hall–Kier alpha value is -2.34. The largest absolute Gasteiger partial charge is 0.349 e. The van der Waals surface area contributed by atoms with Crippen molar-refractivity contribution in [2.45, 2.75) is 33.2 Å². The number of aromatic nitrogens is 4. The van der Waals surface area contributed by atoms with Crippen LogP contribution >= 0.6 is 11.3 Å². The fourth-order valence-electron chi connectivity index (χ4n) is 3.29. The van der Waals surface area contributed by atoms with Crippen LogP contribution in [0, 0.1) is 13.8 Å². The van der Waals surface area contributed by atoms with Crippen LogP contribution in [-0.4, -0.2) is 26.5 Å². The second kappa shape index (κ2) is 5.94. The third kappa shape index (κ3) is 2.67. The van der Waals surface area contributed by atoms with Gasteiger partial charge in [-0.3, -0.25) is 0 Å². The first-order valence-electron chi connectivity index (χ1n) is 8.08. The average Bonchev–Trinajstić information content (AvgIpc) is 3.08. The molecule has 0 saturated heterocycles. The number of nitrogens with zero attached hydrogens (tertiary/aromatic N) is 5. The van der Waals surface area contributed by atoms with Crippen LogP contribution in [0.1, 0.15) is 35.5 Å². The topological polar surface area (TPSA) is 54.8 Å². The number of rotatable bonds is 2. The van der Waals surface area contributed by atoms with Crippen LogP contribution in [0.2, 0.25) is 0 Å². The SMILES string of the molecule is Cc1cc(C)nc(N2CCc3nc(-c4cscn4)ncc3C2C)c1. The Morgan fingerprint density at radius 1 is 1.17 bits per heavy atom. The molecule has 122 valence electrons. The first-order chi connectivity index (χ1) is 11.6. The molecule has 6 heteroatoms. The highest BCUT2D eigenvalue weighted by Crippen LogP contribution is 2.32. The highest BCUT2D eigenvalue weighted by Gasteiger charge is 2.27. The fraction of sp³-hybridized carbons (Fsp3) is 0.333. The Morgan fingerprint density at radius 3 is 2.79 bits per heavy atom. The minimum atomic E-state index is 0.215. The highest BCUT2D eigenvalue weighted by molar-refractivity contribution is 7.07. The molecular weight excluding hydrogens is 318 g/mol. The summed E-state index contributed by atoms with van der Waals surface area (Å²) in [6.45, 7) is 7.27. The van der Waals surface area contributed by atoms with Crippen molar-refractivity contribution in [2.24, 2.45) is 0 Å². The number of hydrogen-bond donors (Lipinski definition) is 0. The van der Waals surface area contributed by atoms with Crippen LogP contribution in [-0.2, 0) is 6.42 Å². The summed E-state index contributed by atoms with van der Waals surface area (Å²) in [5.41, 5.74) is 7.27. The van der Waals surface area contributed by atoms with E-state index in [1.165, 1.54) is 11.1 Å². The summed E-state index contributed by atoms with van der Waals surface area (Å²) in [4.78, 5) is 20.7. The number of aryl methyl sites for hydroxylation is 2. The molecule has 4 rings (SSSR count). The molecule has 0 saturated carbocycles. The van der Waals surface area contributed by atoms with Gasteiger partial charge >= 0.3 is 0 Å². The predicted molar refractivity (Wildman–Crippen MR) is 96.3 cm³/mol. The molecule has 0 fully saturated rings. The maximum absolute atomic E-state index is 4.76. The van der Waals surface area contributed by atoms with Crippen LogP contribution in [0.3, 0.4) is 0 Å². The second-order valence-electron chi connectivity index (χ2n) is 6.23. The molecule has 24 heavy (non-hydrogen) atoms. The Balaban J connectivity index is 1.69. The predicted octanol–water partition coefficient (Wildman–Crippen LogP) is 3.74. The van der Waals surface area contributed by atoms with Gasteiger partial charge in [-0.05, 0) is 38.5 Å². The van der Waals surface area contributed by atoms with Crippen LogP contribution in [0.4, 0.5) is 5.82 Å². The van der Waals surface area contributed by atoms with Gasteiger partial charge in [0.25, 0.3) is 0 Å². The van der Waals surface area contributed by atoms with E-state index in [0.29, 0.717) is 0 Å². The lowest BCUT2D eigenvalue weighted by Gasteiger charge is -2.35. The van der Waals surface area contributed by atoms with E-state index < -0.39 is 0 Å². The molecule has 0 aromatic carbocycles. The minimum Gasteiger partial charge on any atom is -0.349 e. The first kappa shape index (κ1) is 15.2. The molecule has 0 radical (unpaired) electrons. The smallest absolute Gasteiger partial charge is 0.179 e. The summed E-state index contributed by atoms with van der Waals surface area (Å²) in [6.07, 6.45) is 2.85. The number of fused-ring (bicyclic) bond motifs is 1. The van der Waals surface area contributed by atoms with Gasteiger partial charge in [0.15, 0.2) is 5.82 Å². The maximum Gasteiger partial charge on any atom is 0.179 e. The molecule has 3 aromatic heterocycles. The van der Waals surface area contributed by atoms with E-state index >= 15 is 0 Å². The number of thiazole rings is 1. The average molecular weight is 337 g/mol. The molecule has 0 aliphatic carbocycles. The van der Waals surface area contributed by atoms with Crippen molar-refractivity contribution in [3.63, 3.8) is 0 Å². The van der Waals surface area contributed by atoms with Crippen molar-refractivity contribution in [1.82, 2.24) is 19.9 Å². The van der Waals surface area contributed by atoms with E-state index in [9.17, 15) is 0 Å². The van der Waals surface area contributed by atoms with E-state index in [4.69, 9.17) is 9.97 Å². The normalized spacial score (nSPS) is 17.0.